The van der Waals surface area contributed by atoms with Crippen LogP contribution in [0, 0.1) is 0 Å². The van der Waals surface area contributed by atoms with Crippen LogP contribution >= 0.6 is 0 Å². The average Bonchev–Trinajstić information content (AvgIpc) is 3.05. The Kier molecular flexibility index (Phi) is 3.97. The molecule has 2 aliphatic rings. The molecule has 0 aromatic carbocycles. The Morgan fingerprint density at radius 3 is 2.90 bits per heavy atom. The number of methoxy groups -OCH3 is 1. The molecule has 0 radical (unpaired) electrons. The molecule has 9 nitrogen and oxygen atoms in total. The molecule has 4 atom stereocenters. The quantitative estimate of drug-likeness (QED) is 0.718. The Labute approximate surface area is 122 Å². The second kappa shape index (κ2) is 5.61. The van der Waals surface area contributed by atoms with Crippen molar-refractivity contribution < 1.29 is 22.6 Å². The highest BCUT2D eigenvalue weighted by molar-refractivity contribution is 7.88. The molecular weight excluding hydrogens is 300 g/mol. The molecule has 0 bridgehead atoms. The smallest absolute Gasteiger partial charge is 0.209 e. The Balaban J connectivity index is 1.71. The Morgan fingerprint density at radius 2 is 2.19 bits per heavy atom. The van der Waals surface area contributed by atoms with Crippen LogP contribution in [0.4, 0.5) is 0 Å². The first-order chi connectivity index (χ1) is 9.98. The van der Waals surface area contributed by atoms with Crippen molar-refractivity contribution in [2.75, 3.05) is 26.6 Å². The van der Waals surface area contributed by atoms with Crippen LogP contribution in [-0.4, -0.2) is 68.2 Å². The van der Waals surface area contributed by atoms with Gasteiger partial charge in [0.25, 0.3) is 0 Å². The minimum absolute atomic E-state index is 0.112. The van der Waals surface area contributed by atoms with Crippen molar-refractivity contribution in [3.05, 3.63) is 11.9 Å². The van der Waals surface area contributed by atoms with E-state index in [4.69, 9.17) is 14.2 Å². The summed E-state index contributed by atoms with van der Waals surface area (Å²) in [6.07, 6.45) is 2.38. The maximum Gasteiger partial charge on any atom is 0.209 e. The summed E-state index contributed by atoms with van der Waals surface area (Å²) in [6, 6.07) is -0.476. The number of aromatic nitrogens is 3. The molecule has 3 heterocycles. The van der Waals surface area contributed by atoms with Crippen molar-refractivity contribution >= 4 is 10.0 Å². The van der Waals surface area contributed by atoms with Gasteiger partial charge in [-0.15, -0.1) is 5.10 Å². The molecular formula is C11H18N4O5S. The fourth-order valence-electron chi connectivity index (χ4n) is 2.77. The summed E-state index contributed by atoms with van der Waals surface area (Å²) in [5, 5.41) is 8.07. The fourth-order valence-corrected chi connectivity index (χ4v) is 3.52. The zero-order valence-corrected chi connectivity index (χ0v) is 12.6. The first kappa shape index (κ1) is 14.9. The van der Waals surface area contributed by atoms with Crippen molar-refractivity contribution in [2.45, 2.75) is 30.9 Å². The van der Waals surface area contributed by atoms with E-state index in [2.05, 4.69) is 15.0 Å². The minimum atomic E-state index is -3.29. The van der Waals surface area contributed by atoms with Crippen LogP contribution in [-0.2, 0) is 30.8 Å². The fraction of sp³-hybridized carbons (Fsp3) is 0.818. The number of hydrogen-bond donors (Lipinski definition) is 1. The zero-order chi connectivity index (χ0) is 15.0. The van der Waals surface area contributed by atoms with Gasteiger partial charge >= 0.3 is 0 Å². The summed E-state index contributed by atoms with van der Waals surface area (Å²) in [5.74, 6) is 0. The third-order valence-corrected chi connectivity index (χ3v) is 4.31. The Bertz CT molecular complexity index is 604. The number of nitrogens with one attached hydrogen (secondary N) is 1. The van der Waals surface area contributed by atoms with E-state index in [9.17, 15) is 8.42 Å². The van der Waals surface area contributed by atoms with Gasteiger partial charge in [0, 0.05) is 7.11 Å². The lowest BCUT2D eigenvalue weighted by molar-refractivity contribution is 0.0624. The van der Waals surface area contributed by atoms with E-state index < -0.39 is 10.0 Å². The van der Waals surface area contributed by atoms with Crippen LogP contribution in [0.2, 0.25) is 0 Å². The van der Waals surface area contributed by atoms with Crippen LogP contribution < -0.4 is 4.72 Å². The molecule has 10 heteroatoms. The predicted octanol–water partition coefficient (Wildman–Crippen LogP) is -1.32. The van der Waals surface area contributed by atoms with E-state index in [0.29, 0.717) is 19.8 Å². The standard InChI is InChI=1S/C11H18N4O5S/c1-18-4-7-3-15(14-12-7)9-6-20-10-8(5-19-11(9)10)13-21(2,16)17/h3,8-11,13H,4-6H2,1-2H3/t8-,9-,10+,11+/m0/s1. The van der Waals surface area contributed by atoms with E-state index in [-0.39, 0.29) is 24.3 Å². The number of ether oxygens (including phenoxy) is 3. The van der Waals surface area contributed by atoms with Crippen molar-refractivity contribution in [3.8, 4) is 0 Å². The van der Waals surface area contributed by atoms with Crippen LogP contribution in [0.1, 0.15) is 11.7 Å². The molecule has 21 heavy (non-hydrogen) atoms. The monoisotopic (exact) mass is 318 g/mol. The highest BCUT2D eigenvalue weighted by atomic mass is 32.2. The highest BCUT2D eigenvalue weighted by Gasteiger charge is 2.49. The van der Waals surface area contributed by atoms with Gasteiger partial charge in [-0.2, -0.15) is 0 Å². The van der Waals surface area contributed by atoms with Crippen LogP contribution in [0.25, 0.3) is 0 Å². The largest absolute Gasteiger partial charge is 0.378 e. The van der Waals surface area contributed by atoms with Crippen molar-refractivity contribution in [1.29, 1.82) is 0 Å². The first-order valence-corrected chi connectivity index (χ1v) is 8.47. The number of hydrogen-bond acceptors (Lipinski definition) is 7. The lowest BCUT2D eigenvalue weighted by Crippen LogP contribution is -2.43. The maximum absolute atomic E-state index is 11.3. The number of nitrogens with zero attached hydrogens (tertiary/aromatic N) is 3. The summed E-state index contributed by atoms with van der Waals surface area (Å²) in [4.78, 5) is 0. The van der Waals surface area contributed by atoms with Gasteiger partial charge < -0.3 is 14.2 Å². The summed E-state index contributed by atoms with van der Waals surface area (Å²) >= 11 is 0. The molecule has 0 amide bonds. The van der Waals surface area contributed by atoms with Gasteiger partial charge in [-0.25, -0.2) is 17.8 Å². The summed E-state index contributed by atoms with van der Waals surface area (Å²) in [6.45, 7) is 1.09. The molecule has 1 aromatic rings. The third-order valence-electron chi connectivity index (χ3n) is 3.58. The summed E-state index contributed by atoms with van der Waals surface area (Å²) < 4.78 is 43.3. The SMILES string of the molecule is COCc1cn([C@H]2CO[C@H]3[C@@H]2OC[C@@H]3NS(C)(=O)=O)nn1. The molecule has 118 valence electrons. The van der Waals surface area contributed by atoms with Gasteiger partial charge in [-0.3, -0.25) is 0 Å². The minimum Gasteiger partial charge on any atom is -0.378 e. The average molecular weight is 318 g/mol. The second-order valence-electron chi connectivity index (χ2n) is 5.28. The van der Waals surface area contributed by atoms with Gasteiger partial charge in [-0.1, -0.05) is 5.21 Å². The second-order valence-corrected chi connectivity index (χ2v) is 7.06. The molecule has 1 aromatic heterocycles. The highest BCUT2D eigenvalue weighted by Crippen LogP contribution is 2.34. The van der Waals surface area contributed by atoms with E-state index in [1.165, 1.54) is 0 Å². The van der Waals surface area contributed by atoms with Crippen LogP contribution in [0.15, 0.2) is 6.20 Å². The first-order valence-electron chi connectivity index (χ1n) is 6.58. The van der Waals surface area contributed by atoms with E-state index in [1.807, 2.05) is 0 Å². The molecule has 1 N–H and O–H groups in total. The molecule has 3 rings (SSSR count). The summed E-state index contributed by atoms with van der Waals surface area (Å²) in [7, 11) is -1.70. The lowest BCUT2D eigenvalue weighted by atomic mass is 10.1. The Morgan fingerprint density at radius 1 is 1.43 bits per heavy atom. The number of sulfonamides is 1. The molecule has 0 aliphatic carbocycles. The molecule has 2 saturated heterocycles. The van der Waals surface area contributed by atoms with Gasteiger partial charge in [0.2, 0.25) is 10.0 Å². The van der Waals surface area contributed by atoms with Crippen molar-refractivity contribution in [2.24, 2.45) is 0 Å². The van der Waals surface area contributed by atoms with Crippen molar-refractivity contribution in [3.63, 3.8) is 0 Å². The number of fused-ring (bicyclic) bond motifs is 1. The Hall–Kier alpha value is -1.07. The maximum atomic E-state index is 11.3. The third kappa shape index (κ3) is 3.09. The van der Waals surface area contributed by atoms with E-state index in [1.54, 1.807) is 18.0 Å². The van der Waals surface area contributed by atoms with Gasteiger partial charge in [0.05, 0.1) is 38.3 Å². The molecule has 2 fully saturated rings. The summed E-state index contributed by atoms with van der Waals surface area (Å²) in [5.41, 5.74) is 0.727. The molecule has 0 spiro atoms. The van der Waals surface area contributed by atoms with Gasteiger partial charge in [0.15, 0.2) is 0 Å². The zero-order valence-electron chi connectivity index (χ0n) is 11.8. The number of rotatable bonds is 5. The van der Waals surface area contributed by atoms with Crippen LogP contribution in [0.3, 0.4) is 0 Å². The van der Waals surface area contributed by atoms with E-state index in [0.717, 1.165) is 11.9 Å². The van der Waals surface area contributed by atoms with E-state index >= 15 is 0 Å². The molecule has 2 aliphatic heterocycles. The van der Waals surface area contributed by atoms with Gasteiger partial charge in [-0.05, 0) is 0 Å². The molecule has 0 unspecified atom stereocenters. The lowest BCUT2D eigenvalue weighted by Gasteiger charge is -2.16. The van der Waals surface area contributed by atoms with Gasteiger partial charge in [0.1, 0.15) is 23.9 Å². The van der Waals surface area contributed by atoms with Crippen molar-refractivity contribution in [1.82, 2.24) is 19.7 Å². The van der Waals surface area contributed by atoms with Crippen LogP contribution in [0.5, 0.6) is 0 Å². The molecule has 0 saturated carbocycles. The topological polar surface area (TPSA) is 105 Å². The predicted molar refractivity (Wildman–Crippen MR) is 71.0 cm³/mol. The normalized spacial score (nSPS) is 32.5.